The van der Waals surface area contributed by atoms with E-state index >= 15 is 0 Å². The van der Waals surface area contributed by atoms with E-state index in [0.29, 0.717) is 18.3 Å². The topological polar surface area (TPSA) is 60.2 Å². The van der Waals surface area contributed by atoms with Gasteiger partial charge in [0.25, 0.3) is 0 Å². The SMILES string of the molecule is COC(C)c1nnc(CNC(C)(C)C)o1. The Labute approximate surface area is 90.2 Å². The fraction of sp³-hybridized carbons (Fsp3) is 0.800. The first-order valence-corrected chi connectivity index (χ1v) is 5.02. The van der Waals surface area contributed by atoms with E-state index in [-0.39, 0.29) is 11.6 Å². The zero-order valence-electron chi connectivity index (χ0n) is 10.00. The highest BCUT2D eigenvalue weighted by Crippen LogP contribution is 2.13. The van der Waals surface area contributed by atoms with Gasteiger partial charge in [-0.2, -0.15) is 0 Å². The average molecular weight is 213 g/mol. The van der Waals surface area contributed by atoms with Gasteiger partial charge < -0.3 is 14.5 Å². The highest BCUT2D eigenvalue weighted by Gasteiger charge is 2.15. The zero-order valence-corrected chi connectivity index (χ0v) is 10.00. The molecular formula is C10H19N3O2. The second kappa shape index (κ2) is 4.72. The quantitative estimate of drug-likeness (QED) is 0.824. The van der Waals surface area contributed by atoms with Crippen LogP contribution in [0.1, 0.15) is 45.6 Å². The molecule has 0 spiro atoms. The molecular weight excluding hydrogens is 194 g/mol. The van der Waals surface area contributed by atoms with Crippen LogP contribution in [0.25, 0.3) is 0 Å². The first-order chi connectivity index (χ1) is 6.92. The van der Waals surface area contributed by atoms with Gasteiger partial charge in [-0.05, 0) is 27.7 Å². The van der Waals surface area contributed by atoms with Gasteiger partial charge >= 0.3 is 0 Å². The van der Waals surface area contributed by atoms with E-state index in [1.807, 2.05) is 6.92 Å². The molecule has 0 bridgehead atoms. The molecule has 1 aromatic rings. The predicted octanol–water partition coefficient (Wildman–Crippen LogP) is 1.67. The highest BCUT2D eigenvalue weighted by atomic mass is 16.5. The van der Waals surface area contributed by atoms with Crippen molar-refractivity contribution >= 4 is 0 Å². The third-order valence-corrected chi connectivity index (χ3v) is 1.95. The third-order valence-electron chi connectivity index (χ3n) is 1.95. The van der Waals surface area contributed by atoms with E-state index in [1.165, 1.54) is 0 Å². The molecule has 1 aromatic heterocycles. The van der Waals surface area contributed by atoms with Gasteiger partial charge in [0.2, 0.25) is 11.8 Å². The number of nitrogens with zero attached hydrogens (tertiary/aromatic N) is 2. The average Bonchev–Trinajstić information content (AvgIpc) is 2.61. The Balaban J connectivity index is 2.53. The first-order valence-electron chi connectivity index (χ1n) is 5.02. The molecule has 0 radical (unpaired) electrons. The van der Waals surface area contributed by atoms with Crippen molar-refractivity contribution in [2.75, 3.05) is 7.11 Å². The van der Waals surface area contributed by atoms with E-state index in [1.54, 1.807) is 7.11 Å². The second-order valence-electron chi connectivity index (χ2n) is 4.52. The maximum absolute atomic E-state index is 5.42. The summed E-state index contributed by atoms with van der Waals surface area (Å²) < 4.78 is 10.5. The summed E-state index contributed by atoms with van der Waals surface area (Å²) >= 11 is 0. The van der Waals surface area contributed by atoms with Gasteiger partial charge in [-0.15, -0.1) is 10.2 Å². The van der Waals surface area contributed by atoms with Crippen molar-refractivity contribution < 1.29 is 9.15 Å². The maximum atomic E-state index is 5.42. The lowest BCUT2D eigenvalue weighted by molar-refractivity contribution is 0.0933. The van der Waals surface area contributed by atoms with E-state index in [9.17, 15) is 0 Å². The number of nitrogens with one attached hydrogen (secondary N) is 1. The van der Waals surface area contributed by atoms with Gasteiger partial charge in [0.05, 0.1) is 6.54 Å². The summed E-state index contributed by atoms with van der Waals surface area (Å²) in [7, 11) is 1.61. The van der Waals surface area contributed by atoms with Crippen LogP contribution in [0.5, 0.6) is 0 Å². The second-order valence-corrected chi connectivity index (χ2v) is 4.52. The normalized spacial score (nSPS) is 14.2. The molecule has 1 unspecified atom stereocenters. The van der Waals surface area contributed by atoms with Crippen LogP contribution in [0.3, 0.4) is 0 Å². The molecule has 1 rings (SSSR count). The highest BCUT2D eigenvalue weighted by molar-refractivity contribution is 4.86. The van der Waals surface area contributed by atoms with E-state index < -0.39 is 0 Å². The summed E-state index contributed by atoms with van der Waals surface area (Å²) in [6.45, 7) is 8.70. The molecule has 1 atom stereocenters. The molecule has 0 aromatic carbocycles. The minimum absolute atomic E-state index is 0.0432. The zero-order chi connectivity index (χ0) is 11.5. The number of hydrogen-bond acceptors (Lipinski definition) is 5. The summed E-state index contributed by atoms with van der Waals surface area (Å²) in [4.78, 5) is 0. The molecule has 15 heavy (non-hydrogen) atoms. The molecule has 5 nitrogen and oxygen atoms in total. The smallest absolute Gasteiger partial charge is 0.244 e. The van der Waals surface area contributed by atoms with Gasteiger partial charge in [0, 0.05) is 12.6 Å². The van der Waals surface area contributed by atoms with Crippen molar-refractivity contribution in [3.8, 4) is 0 Å². The first kappa shape index (κ1) is 12.1. The van der Waals surface area contributed by atoms with Crippen molar-refractivity contribution in [3.05, 3.63) is 11.8 Å². The number of rotatable bonds is 4. The molecule has 0 aliphatic rings. The van der Waals surface area contributed by atoms with Crippen LogP contribution in [0, 0.1) is 0 Å². The van der Waals surface area contributed by atoms with Crippen LogP contribution >= 0.6 is 0 Å². The van der Waals surface area contributed by atoms with Gasteiger partial charge in [0.1, 0.15) is 6.10 Å². The number of hydrogen-bond donors (Lipinski definition) is 1. The van der Waals surface area contributed by atoms with Crippen molar-refractivity contribution in [2.45, 2.75) is 45.9 Å². The number of ether oxygens (including phenoxy) is 1. The molecule has 0 aliphatic heterocycles. The monoisotopic (exact) mass is 213 g/mol. The lowest BCUT2D eigenvalue weighted by Gasteiger charge is -2.18. The van der Waals surface area contributed by atoms with Gasteiger partial charge in [-0.1, -0.05) is 0 Å². The van der Waals surface area contributed by atoms with Gasteiger partial charge in [-0.3, -0.25) is 0 Å². The number of aromatic nitrogens is 2. The minimum Gasteiger partial charge on any atom is -0.421 e. The van der Waals surface area contributed by atoms with Crippen LogP contribution in [0.15, 0.2) is 4.42 Å². The fourth-order valence-corrected chi connectivity index (χ4v) is 0.944. The summed E-state index contributed by atoms with van der Waals surface area (Å²) in [6, 6.07) is 0. The minimum atomic E-state index is -0.152. The van der Waals surface area contributed by atoms with Crippen LogP contribution in [-0.4, -0.2) is 22.8 Å². The van der Waals surface area contributed by atoms with Crippen molar-refractivity contribution in [1.82, 2.24) is 15.5 Å². The van der Waals surface area contributed by atoms with Crippen molar-refractivity contribution in [2.24, 2.45) is 0 Å². The summed E-state index contributed by atoms with van der Waals surface area (Å²) in [5, 5.41) is 11.1. The molecule has 1 heterocycles. The Hall–Kier alpha value is -0.940. The Bertz CT molecular complexity index is 304. The van der Waals surface area contributed by atoms with Crippen molar-refractivity contribution in [1.29, 1.82) is 0 Å². The van der Waals surface area contributed by atoms with Gasteiger partial charge in [0.15, 0.2) is 0 Å². The largest absolute Gasteiger partial charge is 0.421 e. The number of methoxy groups -OCH3 is 1. The molecule has 5 heteroatoms. The maximum Gasteiger partial charge on any atom is 0.244 e. The van der Waals surface area contributed by atoms with Crippen LogP contribution in [0.2, 0.25) is 0 Å². The Morgan fingerprint density at radius 1 is 1.40 bits per heavy atom. The Kier molecular flexibility index (Phi) is 3.82. The van der Waals surface area contributed by atoms with Crippen LogP contribution in [0.4, 0.5) is 0 Å². The summed E-state index contributed by atoms with van der Waals surface area (Å²) in [5.41, 5.74) is 0.0432. The lowest BCUT2D eigenvalue weighted by atomic mass is 10.1. The molecule has 0 saturated carbocycles. The Morgan fingerprint density at radius 3 is 2.60 bits per heavy atom. The lowest BCUT2D eigenvalue weighted by Crippen LogP contribution is -2.35. The van der Waals surface area contributed by atoms with Crippen molar-refractivity contribution in [3.63, 3.8) is 0 Å². The molecule has 1 N–H and O–H groups in total. The Morgan fingerprint density at radius 2 is 2.07 bits per heavy atom. The fourth-order valence-electron chi connectivity index (χ4n) is 0.944. The van der Waals surface area contributed by atoms with E-state index in [2.05, 4.69) is 36.3 Å². The third kappa shape index (κ3) is 3.97. The molecule has 86 valence electrons. The van der Waals surface area contributed by atoms with E-state index in [4.69, 9.17) is 9.15 Å². The summed E-state index contributed by atoms with van der Waals surface area (Å²) in [6.07, 6.45) is -0.152. The summed E-state index contributed by atoms with van der Waals surface area (Å²) in [5.74, 6) is 1.10. The van der Waals surface area contributed by atoms with Gasteiger partial charge in [-0.25, -0.2) is 0 Å². The predicted molar refractivity (Wildman–Crippen MR) is 56.3 cm³/mol. The molecule has 0 amide bonds. The standard InChI is InChI=1S/C10H19N3O2/c1-7(14-5)9-13-12-8(15-9)6-11-10(2,3)4/h7,11H,6H2,1-5H3. The van der Waals surface area contributed by atoms with Crippen LogP contribution < -0.4 is 5.32 Å². The van der Waals surface area contributed by atoms with E-state index in [0.717, 1.165) is 0 Å². The van der Waals surface area contributed by atoms with Crippen LogP contribution in [-0.2, 0) is 11.3 Å². The molecule has 0 saturated heterocycles. The molecule has 0 fully saturated rings. The molecule has 0 aliphatic carbocycles.